The monoisotopic (exact) mass is 534 g/mol. The fraction of sp³-hybridized carbons (Fsp3) is 0.688. The molecule has 2 N–H and O–H groups in total. The number of amides is 2. The highest BCUT2D eigenvalue weighted by Gasteiger charge is 2.60. The molecule has 5 rings (SSSR count). The maximum Gasteiger partial charge on any atom is 0.262 e. The third kappa shape index (κ3) is 5.19. The van der Waals surface area contributed by atoms with Crippen LogP contribution in [0.25, 0.3) is 10.9 Å². The van der Waals surface area contributed by atoms with Gasteiger partial charge in [-0.2, -0.15) is 0 Å². The summed E-state index contributed by atoms with van der Waals surface area (Å²) < 4.78 is 1.49. The molecular formula is C32H46N4O3. The van der Waals surface area contributed by atoms with Crippen LogP contribution in [0, 0.1) is 23.7 Å². The molecule has 1 unspecified atom stereocenters. The second-order valence-electron chi connectivity index (χ2n) is 13.1. The van der Waals surface area contributed by atoms with E-state index in [0.717, 1.165) is 37.3 Å². The van der Waals surface area contributed by atoms with Gasteiger partial charge in [-0.25, -0.2) is 4.98 Å². The Morgan fingerprint density at radius 2 is 1.77 bits per heavy atom. The van der Waals surface area contributed by atoms with Crippen LogP contribution in [0.15, 0.2) is 23.0 Å². The highest BCUT2D eigenvalue weighted by Crippen LogP contribution is 2.65. The number of aryl methyl sites for hydroxylation is 2. The first-order chi connectivity index (χ1) is 18.6. The first-order valence-corrected chi connectivity index (χ1v) is 15.2. The first-order valence-electron chi connectivity index (χ1n) is 15.2. The molecule has 7 nitrogen and oxygen atoms in total. The van der Waals surface area contributed by atoms with Crippen molar-refractivity contribution in [1.82, 2.24) is 20.2 Å². The molecule has 0 spiro atoms. The summed E-state index contributed by atoms with van der Waals surface area (Å²) in [5, 5.41) is 6.89. The second kappa shape index (κ2) is 11.1. The Morgan fingerprint density at radius 3 is 2.46 bits per heavy atom. The van der Waals surface area contributed by atoms with Gasteiger partial charge in [-0.1, -0.05) is 58.6 Å². The zero-order chi connectivity index (χ0) is 27.8. The Bertz CT molecular complexity index is 1300. The molecule has 2 heterocycles. The molecule has 212 valence electrons. The normalized spacial score (nSPS) is 27.8. The van der Waals surface area contributed by atoms with Crippen molar-refractivity contribution in [3.63, 3.8) is 0 Å². The smallest absolute Gasteiger partial charge is 0.262 e. The number of nitrogens with zero attached hydrogens (tertiary/aromatic N) is 2. The van der Waals surface area contributed by atoms with Crippen molar-refractivity contribution in [3.05, 3.63) is 39.9 Å². The molecule has 1 saturated heterocycles. The molecular weight excluding hydrogens is 488 g/mol. The van der Waals surface area contributed by atoms with Crippen LogP contribution in [0.5, 0.6) is 0 Å². The highest BCUT2D eigenvalue weighted by atomic mass is 16.2. The van der Waals surface area contributed by atoms with Crippen LogP contribution in [0.4, 0.5) is 0 Å². The summed E-state index contributed by atoms with van der Waals surface area (Å²) in [7, 11) is 0. The quantitative estimate of drug-likeness (QED) is 0.299. The minimum atomic E-state index is -0.687. The minimum absolute atomic E-state index is 0.178. The first kappa shape index (κ1) is 28.0. The zero-order valence-electron chi connectivity index (χ0n) is 24.3. The molecule has 0 radical (unpaired) electrons. The molecule has 1 aromatic heterocycles. The average molecular weight is 535 g/mol. The van der Waals surface area contributed by atoms with Crippen molar-refractivity contribution in [3.8, 4) is 0 Å². The molecule has 7 heteroatoms. The largest absolute Gasteiger partial charge is 0.313 e. The van der Waals surface area contributed by atoms with Crippen molar-refractivity contribution < 1.29 is 9.59 Å². The van der Waals surface area contributed by atoms with Gasteiger partial charge in [0.1, 0.15) is 11.9 Å². The Hall–Kier alpha value is -2.54. The molecule has 2 bridgehead atoms. The van der Waals surface area contributed by atoms with Crippen molar-refractivity contribution in [1.29, 1.82) is 0 Å². The van der Waals surface area contributed by atoms with Crippen LogP contribution in [-0.4, -0.2) is 34.0 Å². The fourth-order valence-corrected chi connectivity index (χ4v) is 7.86. The van der Waals surface area contributed by atoms with Gasteiger partial charge in [0.05, 0.1) is 10.9 Å². The predicted molar refractivity (Wildman–Crippen MR) is 155 cm³/mol. The summed E-state index contributed by atoms with van der Waals surface area (Å²) in [5.74, 6) is 0.694. The summed E-state index contributed by atoms with van der Waals surface area (Å²) in [5.41, 5.74) is 2.43. The fourth-order valence-electron chi connectivity index (χ4n) is 7.86. The van der Waals surface area contributed by atoms with Crippen LogP contribution >= 0.6 is 0 Å². The van der Waals surface area contributed by atoms with Crippen LogP contribution < -0.4 is 16.2 Å². The third-order valence-corrected chi connectivity index (χ3v) is 10.8. The summed E-state index contributed by atoms with van der Waals surface area (Å²) in [4.78, 5) is 42.3. The van der Waals surface area contributed by atoms with Gasteiger partial charge in [-0.05, 0) is 86.8 Å². The van der Waals surface area contributed by atoms with E-state index in [9.17, 15) is 14.4 Å². The van der Waals surface area contributed by atoms with Gasteiger partial charge in [0.15, 0.2) is 0 Å². The van der Waals surface area contributed by atoms with Gasteiger partial charge >= 0.3 is 0 Å². The number of rotatable bonds is 11. The lowest BCUT2D eigenvalue weighted by atomic mass is 9.69. The van der Waals surface area contributed by atoms with Gasteiger partial charge in [0.25, 0.3) is 5.56 Å². The number of carbonyl (C=O) groups is 2. The lowest BCUT2D eigenvalue weighted by Crippen LogP contribution is -2.45. The lowest BCUT2D eigenvalue weighted by molar-refractivity contribution is -0.135. The number of hydrogen-bond donors (Lipinski definition) is 2. The maximum absolute atomic E-state index is 13.6. The Labute approximate surface area is 232 Å². The standard InChI is InChI=1S/C32H46N4O3/c1-21-34-24-14-11-13-22(28(24)30(39)36(21)25-15-16-27(37)35-29(25)38)12-9-7-5-6-8-10-19-33-26-20-23-17-18-32(26,4)31(23,2)3/h11,13-14,23,25-26,33H,5-10,12,15-20H2,1-4H3,(H,35,37,38)/t23-,25+,26?,32+/m1/s1. The van der Waals surface area contributed by atoms with E-state index in [0.29, 0.717) is 40.0 Å². The number of piperidine rings is 1. The maximum atomic E-state index is 13.6. The van der Waals surface area contributed by atoms with Gasteiger partial charge in [0, 0.05) is 12.5 Å². The summed E-state index contributed by atoms with van der Waals surface area (Å²) in [6, 6.07) is 5.84. The molecule has 2 aliphatic carbocycles. The van der Waals surface area contributed by atoms with E-state index in [1.165, 1.54) is 49.5 Å². The average Bonchev–Trinajstić information content (AvgIpc) is 3.22. The lowest BCUT2D eigenvalue weighted by Gasteiger charge is -2.39. The topological polar surface area (TPSA) is 93.1 Å². The van der Waals surface area contributed by atoms with Gasteiger partial charge in [-0.3, -0.25) is 24.3 Å². The molecule has 3 aliphatic rings. The zero-order valence-corrected chi connectivity index (χ0v) is 24.3. The Morgan fingerprint density at radius 1 is 1.03 bits per heavy atom. The number of carbonyl (C=O) groups excluding carboxylic acids is 2. The second-order valence-corrected chi connectivity index (χ2v) is 13.1. The van der Waals surface area contributed by atoms with Gasteiger partial charge in [0.2, 0.25) is 11.8 Å². The molecule has 2 amide bonds. The van der Waals surface area contributed by atoms with Gasteiger partial charge < -0.3 is 5.32 Å². The highest BCUT2D eigenvalue weighted by molar-refractivity contribution is 5.99. The molecule has 2 aromatic rings. The number of aromatic nitrogens is 2. The molecule has 1 aromatic carbocycles. The van der Waals surface area contributed by atoms with Crippen LogP contribution in [-0.2, 0) is 16.0 Å². The van der Waals surface area contributed by atoms with Crippen LogP contribution in [0.1, 0.15) is 109 Å². The van der Waals surface area contributed by atoms with Crippen molar-refractivity contribution in [2.24, 2.45) is 16.7 Å². The molecule has 39 heavy (non-hydrogen) atoms. The summed E-state index contributed by atoms with van der Waals surface area (Å²) >= 11 is 0. The number of fused-ring (bicyclic) bond motifs is 3. The van der Waals surface area contributed by atoms with Gasteiger partial charge in [-0.15, -0.1) is 0 Å². The van der Waals surface area contributed by atoms with Crippen molar-refractivity contribution in [2.75, 3.05) is 6.54 Å². The van der Waals surface area contributed by atoms with E-state index < -0.39 is 11.9 Å². The number of nitrogens with one attached hydrogen (secondary N) is 2. The summed E-state index contributed by atoms with van der Waals surface area (Å²) in [6.07, 6.45) is 12.6. The van der Waals surface area contributed by atoms with E-state index in [1.54, 1.807) is 6.92 Å². The van der Waals surface area contributed by atoms with E-state index in [4.69, 9.17) is 0 Å². The van der Waals surface area contributed by atoms with E-state index in [-0.39, 0.29) is 17.9 Å². The van der Waals surface area contributed by atoms with E-state index in [1.807, 2.05) is 18.2 Å². The van der Waals surface area contributed by atoms with Crippen molar-refractivity contribution in [2.45, 2.75) is 117 Å². The number of hydrogen-bond acceptors (Lipinski definition) is 5. The third-order valence-electron chi connectivity index (χ3n) is 10.8. The molecule has 3 fully saturated rings. The minimum Gasteiger partial charge on any atom is -0.313 e. The van der Waals surface area contributed by atoms with Crippen molar-refractivity contribution >= 4 is 22.7 Å². The SMILES string of the molecule is Cc1nc2cccc(CCCCCCCCNC3C[C@H]4CC[C@]3(C)C4(C)C)c2c(=O)n1[C@H]1CCC(=O)NC1=O. The molecule has 2 saturated carbocycles. The van der Waals surface area contributed by atoms with E-state index in [2.05, 4.69) is 36.4 Å². The summed E-state index contributed by atoms with van der Waals surface area (Å²) in [6.45, 7) is 10.4. The molecule has 4 atom stereocenters. The Balaban J connectivity index is 1.09. The number of benzene rings is 1. The van der Waals surface area contributed by atoms with Crippen LogP contribution in [0.3, 0.4) is 0 Å². The number of imide groups is 1. The van der Waals surface area contributed by atoms with Crippen LogP contribution in [0.2, 0.25) is 0 Å². The Kier molecular flexibility index (Phi) is 8.01. The van der Waals surface area contributed by atoms with E-state index >= 15 is 0 Å². The predicted octanol–water partition coefficient (Wildman–Crippen LogP) is 5.37. The number of unbranched alkanes of at least 4 members (excludes halogenated alkanes) is 5. The molecule has 1 aliphatic heterocycles.